The minimum absolute atomic E-state index is 0.126. The van der Waals surface area contributed by atoms with Gasteiger partial charge in [0.15, 0.2) is 0 Å². The number of carbonyl (C=O) groups excluding carboxylic acids is 2. The molecule has 0 aliphatic carbocycles. The maximum absolute atomic E-state index is 13.3. The molecule has 2 aliphatic heterocycles. The van der Waals surface area contributed by atoms with Crippen LogP contribution in [0.5, 0.6) is 0 Å². The van der Waals surface area contributed by atoms with Gasteiger partial charge >= 0.3 is 0 Å². The fourth-order valence-electron chi connectivity index (χ4n) is 3.47. The van der Waals surface area contributed by atoms with Crippen LogP contribution in [0.15, 0.2) is 54.4 Å². The molecule has 0 saturated carbocycles. The third-order valence-corrected chi connectivity index (χ3v) is 4.74. The SMILES string of the molecule is O=C1C(c2ccc(F)cc2)=C(N2CCCC2)C(=O)N1Cc1ccccn1. The summed E-state index contributed by atoms with van der Waals surface area (Å²) in [5.74, 6) is -1.03. The Bertz CT molecular complexity index is 872. The molecule has 0 radical (unpaired) electrons. The second kappa shape index (κ2) is 6.71. The fourth-order valence-corrected chi connectivity index (χ4v) is 3.47. The van der Waals surface area contributed by atoms with Crippen LogP contribution in [-0.2, 0) is 16.1 Å². The van der Waals surface area contributed by atoms with Crippen LogP contribution in [0.1, 0.15) is 24.1 Å². The van der Waals surface area contributed by atoms with E-state index in [4.69, 9.17) is 0 Å². The van der Waals surface area contributed by atoms with E-state index in [1.807, 2.05) is 11.0 Å². The van der Waals surface area contributed by atoms with Crippen molar-refractivity contribution in [2.45, 2.75) is 19.4 Å². The molecule has 132 valence electrons. The van der Waals surface area contributed by atoms with E-state index in [1.165, 1.54) is 17.0 Å². The van der Waals surface area contributed by atoms with Crippen molar-refractivity contribution in [1.29, 1.82) is 0 Å². The number of rotatable bonds is 4. The van der Waals surface area contributed by atoms with Crippen molar-refractivity contribution in [3.8, 4) is 0 Å². The standard InChI is InChI=1S/C20H18FN3O2/c21-15-8-6-14(7-9-15)17-18(23-11-3-4-12-23)20(26)24(19(17)25)13-16-5-1-2-10-22-16/h1-2,5-10H,3-4,11-13H2. The van der Waals surface area contributed by atoms with Crippen LogP contribution < -0.4 is 0 Å². The summed E-state index contributed by atoms with van der Waals surface area (Å²) in [6.45, 7) is 1.62. The van der Waals surface area contributed by atoms with Gasteiger partial charge in [-0.3, -0.25) is 19.5 Å². The lowest BCUT2D eigenvalue weighted by Crippen LogP contribution is -2.34. The molecule has 1 aromatic heterocycles. The topological polar surface area (TPSA) is 53.5 Å². The van der Waals surface area contributed by atoms with E-state index in [1.54, 1.807) is 30.5 Å². The Balaban J connectivity index is 1.74. The monoisotopic (exact) mass is 351 g/mol. The Hall–Kier alpha value is -3.02. The molecule has 1 aromatic carbocycles. The Kier molecular flexibility index (Phi) is 4.24. The fraction of sp³-hybridized carbons (Fsp3) is 0.250. The molecular formula is C20H18FN3O2. The molecule has 0 bridgehead atoms. The number of pyridine rings is 1. The first-order chi connectivity index (χ1) is 12.6. The van der Waals surface area contributed by atoms with Gasteiger partial charge in [0.25, 0.3) is 11.8 Å². The molecule has 0 N–H and O–H groups in total. The molecule has 3 heterocycles. The predicted octanol–water partition coefficient (Wildman–Crippen LogP) is 2.60. The Labute approximate surface area is 150 Å². The molecule has 1 saturated heterocycles. The van der Waals surface area contributed by atoms with Crippen molar-refractivity contribution in [3.05, 3.63) is 71.4 Å². The molecule has 1 fully saturated rings. The van der Waals surface area contributed by atoms with E-state index in [2.05, 4.69) is 4.98 Å². The van der Waals surface area contributed by atoms with Gasteiger partial charge in [-0.15, -0.1) is 0 Å². The van der Waals surface area contributed by atoms with Gasteiger partial charge in [0.1, 0.15) is 11.5 Å². The molecule has 26 heavy (non-hydrogen) atoms. The number of hydrogen-bond acceptors (Lipinski definition) is 4. The van der Waals surface area contributed by atoms with E-state index in [0.717, 1.165) is 25.9 Å². The molecule has 4 rings (SSSR count). The Morgan fingerprint density at radius 2 is 1.69 bits per heavy atom. The van der Waals surface area contributed by atoms with Crippen LogP contribution in [0.3, 0.4) is 0 Å². The van der Waals surface area contributed by atoms with Gasteiger partial charge in [-0.2, -0.15) is 0 Å². The molecule has 0 unspecified atom stereocenters. The number of imide groups is 1. The molecular weight excluding hydrogens is 333 g/mol. The largest absolute Gasteiger partial charge is 0.366 e. The number of benzene rings is 1. The maximum Gasteiger partial charge on any atom is 0.278 e. The van der Waals surface area contributed by atoms with Gasteiger partial charge in [-0.25, -0.2) is 4.39 Å². The summed E-state index contributed by atoms with van der Waals surface area (Å²) in [7, 11) is 0. The van der Waals surface area contributed by atoms with Crippen LogP contribution in [0.4, 0.5) is 4.39 Å². The summed E-state index contributed by atoms with van der Waals surface area (Å²) in [6.07, 6.45) is 3.61. The summed E-state index contributed by atoms with van der Waals surface area (Å²) in [5, 5.41) is 0. The lowest BCUT2D eigenvalue weighted by molar-refractivity contribution is -0.138. The zero-order valence-corrected chi connectivity index (χ0v) is 14.2. The quantitative estimate of drug-likeness (QED) is 0.795. The molecule has 2 amide bonds. The van der Waals surface area contributed by atoms with Crippen LogP contribution in [0.2, 0.25) is 0 Å². The van der Waals surface area contributed by atoms with Gasteiger partial charge in [0, 0.05) is 19.3 Å². The molecule has 0 atom stereocenters. The first kappa shape index (κ1) is 16.4. The summed E-state index contributed by atoms with van der Waals surface area (Å²) >= 11 is 0. The number of amides is 2. The van der Waals surface area contributed by atoms with Crippen molar-refractivity contribution in [3.63, 3.8) is 0 Å². The first-order valence-electron chi connectivity index (χ1n) is 8.66. The first-order valence-corrected chi connectivity index (χ1v) is 8.66. The summed E-state index contributed by atoms with van der Waals surface area (Å²) < 4.78 is 13.3. The third-order valence-electron chi connectivity index (χ3n) is 4.74. The zero-order valence-electron chi connectivity index (χ0n) is 14.2. The smallest absolute Gasteiger partial charge is 0.278 e. The number of nitrogens with zero attached hydrogens (tertiary/aromatic N) is 3. The van der Waals surface area contributed by atoms with E-state index >= 15 is 0 Å². The maximum atomic E-state index is 13.3. The van der Waals surface area contributed by atoms with Gasteiger partial charge in [-0.1, -0.05) is 18.2 Å². The van der Waals surface area contributed by atoms with E-state index < -0.39 is 0 Å². The number of carbonyl (C=O) groups is 2. The Morgan fingerprint density at radius 1 is 0.962 bits per heavy atom. The third kappa shape index (κ3) is 2.87. The number of hydrogen-bond donors (Lipinski definition) is 0. The average Bonchev–Trinajstić information content (AvgIpc) is 3.26. The lowest BCUT2D eigenvalue weighted by atomic mass is 10.0. The van der Waals surface area contributed by atoms with Gasteiger partial charge in [-0.05, 0) is 42.7 Å². The molecule has 2 aliphatic rings. The van der Waals surface area contributed by atoms with E-state index in [-0.39, 0.29) is 24.2 Å². The minimum Gasteiger partial charge on any atom is -0.366 e. The average molecular weight is 351 g/mol. The highest BCUT2D eigenvalue weighted by atomic mass is 19.1. The highest BCUT2D eigenvalue weighted by molar-refractivity contribution is 6.35. The Morgan fingerprint density at radius 3 is 2.35 bits per heavy atom. The molecule has 5 nitrogen and oxygen atoms in total. The predicted molar refractivity (Wildman–Crippen MR) is 93.9 cm³/mol. The number of halogens is 1. The van der Waals surface area contributed by atoms with Crippen molar-refractivity contribution in [2.75, 3.05) is 13.1 Å². The van der Waals surface area contributed by atoms with E-state index in [0.29, 0.717) is 22.5 Å². The highest BCUT2D eigenvalue weighted by Crippen LogP contribution is 2.34. The molecule has 0 spiro atoms. The summed E-state index contributed by atoms with van der Waals surface area (Å²) in [5.41, 5.74) is 1.99. The van der Waals surface area contributed by atoms with Crippen molar-refractivity contribution < 1.29 is 14.0 Å². The van der Waals surface area contributed by atoms with Gasteiger partial charge in [0.05, 0.1) is 17.8 Å². The second-order valence-electron chi connectivity index (χ2n) is 6.44. The van der Waals surface area contributed by atoms with Crippen molar-refractivity contribution in [2.24, 2.45) is 0 Å². The van der Waals surface area contributed by atoms with Crippen LogP contribution in [-0.4, -0.2) is 39.7 Å². The minimum atomic E-state index is -0.376. The second-order valence-corrected chi connectivity index (χ2v) is 6.44. The zero-order chi connectivity index (χ0) is 18.1. The molecule has 2 aromatic rings. The van der Waals surface area contributed by atoms with Gasteiger partial charge in [0.2, 0.25) is 0 Å². The van der Waals surface area contributed by atoms with Crippen LogP contribution in [0.25, 0.3) is 5.57 Å². The summed E-state index contributed by atoms with van der Waals surface area (Å²) in [4.78, 5) is 33.5. The highest BCUT2D eigenvalue weighted by Gasteiger charge is 2.42. The molecule has 6 heteroatoms. The van der Waals surface area contributed by atoms with Crippen molar-refractivity contribution >= 4 is 17.4 Å². The van der Waals surface area contributed by atoms with Crippen LogP contribution in [0, 0.1) is 5.82 Å². The number of aromatic nitrogens is 1. The van der Waals surface area contributed by atoms with Crippen molar-refractivity contribution in [1.82, 2.24) is 14.8 Å². The van der Waals surface area contributed by atoms with Gasteiger partial charge < -0.3 is 4.90 Å². The normalized spacial score (nSPS) is 17.6. The van der Waals surface area contributed by atoms with E-state index in [9.17, 15) is 14.0 Å². The summed E-state index contributed by atoms with van der Waals surface area (Å²) in [6, 6.07) is 11.1. The number of likely N-dealkylation sites (tertiary alicyclic amines) is 1. The lowest BCUT2D eigenvalue weighted by Gasteiger charge is -2.20. The van der Waals surface area contributed by atoms with Crippen LogP contribution >= 0.6 is 0 Å².